The number of imidazole rings is 1. The second kappa shape index (κ2) is 7.62. The number of hydrogen-bond donors (Lipinski definition) is 1. The maximum Gasteiger partial charge on any atom is 0.220 e. The quantitative estimate of drug-likeness (QED) is 0.795. The molecule has 1 aromatic carbocycles. The SMILES string of the molecule is CC(C)CC(=O)NCCCn1ccnc1-c1ccccc1. The average molecular weight is 285 g/mol. The van der Waals surface area contributed by atoms with Crippen molar-refractivity contribution in [1.29, 1.82) is 0 Å². The van der Waals surface area contributed by atoms with Crippen LogP contribution in [-0.2, 0) is 11.3 Å². The number of aryl methyl sites for hydroxylation is 1. The number of hydrogen-bond acceptors (Lipinski definition) is 2. The van der Waals surface area contributed by atoms with Crippen LogP contribution in [-0.4, -0.2) is 22.0 Å². The maximum absolute atomic E-state index is 11.6. The second-order valence-electron chi connectivity index (χ2n) is 5.61. The van der Waals surface area contributed by atoms with Crippen molar-refractivity contribution in [3.05, 3.63) is 42.7 Å². The van der Waals surface area contributed by atoms with E-state index in [0.29, 0.717) is 18.9 Å². The highest BCUT2D eigenvalue weighted by molar-refractivity contribution is 5.75. The van der Waals surface area contributed by atoms with Gasteiger partial charge < -0.3 is 9.88 Å². The standard InChI is InChI=1S/C17H23N3O/c1-14(2)13-16(21)18-9-6-11-20-12-10-19-17(20)15-7-4-3-5-8-15/h3-5,7-8,10,12,14H,6,9,11,13H2,1-2H3,(H,18,21). The van der Waals surface area contributed by atoms with Crippen LogP contribution in [0.3, 0.4) is 0 Å². The van der Waals surface area contributed by atoms with Gasteiger partial charge in [0.1, 0.15) is 5.82 Å². The summed E-state index contributed by atoms with van der Waals surface area (Å²) in [6.07, 6.45) is 5.30. The summed E-state index contributed by atoms with van der Waals surface area (Å²) in [5, 5.41) is 2.96. The van der Waals surface area contributed by atoms with Crippen LogP contribution in [0, 0.1) is 5.92 Å². The van der Waals surface area contributed by atoms with Crippen LogP contribution in [0.1, 0.15) is 26.7 Å². The molecule has 2 rings (SSSR count). The van der Waals surface area contributed by atoms with Crippen molar-refractivity contribution >= 4 is 5.91 Å². The van der Waals surface area contributed by atoms with Gasteiger partial charge in [-0.15, -0.1) is 0 Å². The lowest BCUT2D eigenvalue weighted by Crippen LogP contribution is -2.26. The van der Waals surface area contributed by atoms with E-state index in [2.05, 4.69) is 40.8 Å². The Bertz CT molecular complexity index is 560. The van der Waals surface area contributed by atoms with E-state index in [9.17, 15) is 4.79 Å². The third-order valence-corrected chi connectivity index (χ3v) is 3.24. The fourth-order valence-electron chi connectivity index (χ4n) is 2.26. The molecule has 112 valence electrons. The lowest BCUT2D eigenvalue weighted by Gasteiger charge is -2.09. The second-order valence-corrected chi connectivity index (χ2v) is 5.61. The van der Waals surface area contributed by atoms with Crippen molar-refractivity contribution in [2.75, 3.05) is 6.54 Å². The van der Waals surface area contributed by atoms with Gasteiger partial charge in [0, 0.05) is 37.5 Å². The number of carbonyl (C=O) groups excluding carboxylic acids is 1. The predicted octanol–water partition coefficient (Wildman–Crippen LogP) is 3.10. The lowest BCUT2D eigenvalue weighted by molar-refractivity contribution is -0.121. The summed E-state index contributed by atoms with van der Waals surface area (Å²) in [5.41, 5.74) is 1.12. The molecule has 0 aliphatic rings. The summed E-state index contributed by atoms with van der Waals surface area (Å²) in [5.74, 6) is 1.52. The van der Waals surface area contributed by atoms with E-state index in [4.69, 9.17) is 0 Å². The van der Waals surface area contributed by atoms with Gasteiger partial charge in [0.05, 0.1) is 0 Å². The first-order valence-corrected chi connectivity index (χ1v) is 7.50. The van der Waals surface area contributed by atoms with Gasteiger partial charge >= 0.3 is 0 Å². The molecule has 1 N–H and O–H groups in total. The molecule has 0 fully saturated rings. The number of amides is 1. The fourth-order valence-corrected chi connectivity index (χ4v) is 2.26. The molecule has 1 aromatic heterocycles. The van der Waals surface area contributed by atoms with E-state index in [-0.39, 0.29) is 5.91 Å². The summed E-state index contributed by atoms with van der Waals surface area (Å²) in [6, 6.07) is 10.1. The van der Waals surface area contributed by atoms with Gasteiger partial charge in [0.15, 0.2) is 0 Å². The molecule has 1 heterocycles. The highest BCUT2D eigenvalue weighted by Crippen LogP contribution is 2.16. The van der Waals surface area contributed by atoms with E-state index in [1.54, 1.807) is 0 Å². The van der Waals surface area contributed by atoms with Crippen LogP contribution < -0.4 is 5.32 Å². The molecule has 0 saturated heterocycles. The Hall–Kier alpha value is -2.10. The van der Waals surface area contributed by atoms with Crippen molar-refractivity contribution < 1.29 is 4.79 Å². The smallest absolute Gasteiger partial charge is 0.220 e. The summed E-state index contributed by atoms with van der Waals surface area (Å²) in [6.45, 7) is 5.67. The van der Waals surface area contributed by atoms with Crippen LogP contribution in [0.25, 0.3) is 11.4 Å². The predicted molar refractivity (Wildman–Crippen MR) is 84.7 cm³/mol. The molecule has 0 aliphatic heterocycles. The number of aromatic nitrogens is 2. The molecule has 0 aliphatic carbocycles. The Labute approximate surface area is 126 Å². The maximum atomic E-state index is 11.6. The van der Waals surface area contributed by atoms with Crippen LogP contribution in [0.2, 0.25) is 0 Å². The molecule has 0 spiro atoms. The largest absolute Gasteiger partial charge is 0.356 e. The fraction of sp³-hybridized carbons (Fsp3) is 0.412. The summed E-state index contributed by atoms with van der Waals surface area (Å²) in [7, 11) is 0. The molecule has 4 nitrogen and oxygen atoms in total. The summed E-state index contributed by atoms with van der Waals surface area (Å²) >= 11 is 0. The molecule has 21 heavy (non-hydrogen) atoms. The first-order valence-electron chi connectivity index (χ1n) is 7.50. The summed E-state index contributed by atoms with van der Waals surface area (Å²) in [4.78, 5) is 16.0. The normalized spacial score (nSPS) is 10.8. The first kappa shape index (κ1) is 15.3. The highest BCUT2D eigenvalue weighted by atomic mass is 16.1. The van der Waals surface area contributed by atoms with Gasteiger partial charge in [0.2, 0.25) is 5.91 Å². The first-order chi connectivity index (χ1) is 10.2. The Kier molecular flexibility index (Phi) is 5.55. The Morgan fingerprint density at radius 1 is 1.29 bits per heavy atom. The molecule has 0 radical (unpaired) electrons. The van der Waals surface area contributed by atoms with Gasteiger partial charge in [0.25, 0.3) is 0 Å². The number of nitrogens with one attached hydrogen (secondary N) is 1. The third-order valence-electron chi connectivity index (χ3n) is 3.24. The molecule has 2 aromatic rings. The monoisotopic (exact) mass is 285 g/mol. The number of carbonyl (C=O) groups is 1. The molecular formula is C17H23N3O. The van der Waals surface area contributed by atoms with Gasteiger partial charge in [-0.1, -0.05) is 44.2 Å². The molecular weight excluding hydrogens is 262 g/mol. The van der Waals surface area contributed by atoms with Gasteiger partial charge in [-0.05, 0) is 12.3 Å². The van der Waals surface area contributed by atoms with Crippen molar-refractivity contribution in [3.8, 4) is 11.4 Å². The highest BCUT2D eigenvalue weighted by Gasteiger charge is 2.06. The van der Waals surface area contributed by atoms with Crippen molar-refractivity contribution in [3.63, 3.8) is 0 Å². The zero-order chi connectivity index (χ0) is 15.1. The van der Waals surface area contributed by atoms with E-state index in [0.717, 1.165) is 24.4 Å². The zero-order valence-corrected chi connectivity index (χ0v) is 12.7. The topological polar surface area (TPSA) is 46.9 Å². The van der Waals surface area contributed by atoms with E-state index >= 15 is 0 Å². The van der Waals surface area contributed by atoms with Gasteiger partial charge in [-0.25, -0.2) is 4.98 Å². The average Bonchev–Trinajstić information content (AvgIpc) is 2.92. The Balaban J connectivity index is 1.82. The minimum Gasteiger partial charge on any atom is -0.356 e. The number of benzene rings is 1. The van der Waals surface area contributed by atoms with Gasteiger partial charge in [-0.3, -0.25) is 4.79 Å². The van der Waals surface area contributed by atoms with Crippen LogP contribution in [0.5, 0.6) is 0 Å². The molecule has 1 amide bonds. The minimum absolute atomic E-state index is 0.138. The Morgan fingerprint density at radius 3 is 2.76 bits per heavy atom. The van der Waals surface area contributed by atoms with Crippen molar-refractivity contribution in [1.82, 2.24) is 14.9 Å². The van der Waals surface area contributed by atoms with E-state index < -0.39 is 0 Å². The van der Waals surface area contributed by atoms with Crippen LogP contribution >= 0.6 is 0 Å². The van der Waals surface area contributed by atoms with Gasteiger partial charge in [-0.2, -0.15) is 0 Å². The third kappa shape index (κ3) is 4.74. The lowest BCUT2D eigenvalue weighted by atomic mass is 10.1. The Morgan fingerprint density at radius 2 is 2.05 bits per heavy atom. The number of rotatable bonds is 7. The van der Waals surface area contributed by atoms with E-state index in [1.165, 1.54) is 0 Å². The molecule has 0 atom stereocenters. The minimum atomic E-state index is 0.138. The summed E-state index contributed by atoms with van der Waals surface area (Å²) < 4.78 is 2.13. The van der Waals surface area contributed by atoms with Crippen molar-refractivity contribution in [2.24, 2.45) is 5.92 Å². The molecule has 0 unspecified atom stereocenters. The van der Waals surface area contributed by atoms with Crippen LogP contribution in [0.15, 0.2) is 42.7 Å². The molecule has 4 heteroatoms. The van der Waals surface area contributed by atoms with Crippen LogP contribution in [0.4, 0.5) is 0 Å². The number of nitrogens with zero attached hydrogens (tertiary/aromatic N) is 2. The molecule has 0 bridgehead atoms. The molecule has 0 saturated carbocycles. The van der Waals surface area contributed by atoms with E-state index in [1.807, 2.05) is 30.6 Å². The van der Waals surface area contributed by atoms with Crippen molar-refractivity contribution in [2.45, 2.75) is 33.2 Å². The zero-order valence-electron chi connectivity index (χ0n) is 12.7.